The number of unbranched alkanes of at least 4 members (excludes halogenated alkanes) is 3. The van der Waals surface area contributed by atoms with Gasteiger partial charge in [0.05, 0.1) is 12.5 Å². The van der Waals surface area contributed by atoms with Crippen molar-refractivity contribution >= 4 is 18.2 Å². The zero-order valence-electron chi connectivity index (χ0n) is 16.8. The van der Waals surface area contributed by atoms with Gasteiger partial charge in [-0.2, -0.15) is 0 Å². The number of nitrogens with one attached hydrogen (secondary N) is 1. The zero-order chi connectivity index (χ0) is 19.7. The standard InChI is InChI=1S/C20H34N2O3S/c1-14(2)12-17(15(3)4)19(23)25-11-9-7-6-8-10-22-13-16(5)18(26)21-20(22)24/h13-15,17H,6-12H2,1-5H3,(H,21,24,26). The van der Waals surface area contributed by atoms with E-state index >= 15 is 0 Å². The van der Waals surface area contributed by atoms with E-state index in [1.54, 1.807) is 4.57 Å². The number of carbonyl (C=O) groups is 1. The van der Waals surface area contributed by atoms with Crippen LogP contribution in [0.15, 0.2) is 11.0 Å². The molecule has 0 aliphatic heterocycles. The van der Waals surface area contributed by atoms with Crippen molar-refractivity contribution in [1.29, 1.82) is 0 Å². The summed E-state index contributed by atoms with van der Waals surface area (Å²) >= 11 is 5.05. The van der Waals surface area contributed by atoms with E-state index in [9.17, 15) is 9.59 Å². The van der Waals surface area contributed by atoms with Crippen molar-refractivity contribution < 1.29 is 9.53 Å². The topological polar surface area (TPSA) is 64.1 Å². The Bertz CT molecular complexity index is 676. The first-order chi connectivity index (χ1) is 12.2. The van der Waals surface area contributed by atoms with Crippen LogP contribution in [-0.4, -0.2) is 22.1 Å². The van der Waals surface area contributed by atoms with Crippen LogP contribution in [-0.2, 0) is 16.1 Å². The van der Waals surface area contributed by atoms with Crippen molar-refractivity contribution in [3.63, 3.8) is 0 Å². The Morgan fingerprint density at radius 2 is 1.85 bits per heavy atom. The van der Waals surface area contributed by atoms with Crippen LogP contribution in [0.5, 0.6) is 0 Å². The number of hydrogen-bond acceptors (Lipinski definition) is 4. The molecule has 1 N–H and O–H groups in total. The van der Waals surface area contributed by atoms with Crippen molar-refractivity contribution in [2.75, 3.05) is 6.61 Å². The number of H-pyrrole nitrogens is 1. The van der Waals surface area contributed by atoms with Gasteiger partial charge in [-0.15, -0.1) is 0 Å². The van der Waals surface area contributed by atoms with Crippen LogP contribution in [0.1, 0.15) is 65.4 Å². The highest BCUT2D eigenvalue weighted by molar-refractivity contribution is 7.71. The van der Waals surface area contributed by atoms with E-state index < -0.39 is 0 Å². The predicted octanol–water partition coefficient (Wildman–Crippen LogP) is 4.64. The van der Waals surface area contributed by atoms with E-state index in [1.807, 2.05) is 13.1 Å². The summed E-state index contributed by atoms with van der Waals surface area (Å²) in [4.78, 5) is 26.7. The van der Waals surface area contributed by atoms with Crippen molar-refractivity contribution in [1.82, 2.24) is 9.55 Å². The van der Waals surface area contributed by atoms with Gasteiger partial charge >= 0.3 is 11.7 Å². The Morgan fingerprint density at radius 3 is 2.46 bits per heavy atom. The van der Waals surface area contributed by atoms with Crippen LogP contribution < -0.4 is 5.69 Å². The first kappa shape index (κ1) is 22.6. The molecule has 0 aliphatic carbocycles. The molecule has 1 aromatic heterocycles. The lowest BCUT2D eigenvalue weighted by atomic mass is 9.88. The summed E-state index contributed by atoms with van der Waals surface area (Å²) in [5, 5.41) is 0. The molecule has 0 aliphatic rings. The summed E-state index contributed by atoms with van der Waals surface area (Å²) in [5.41, 5.74) is 0.757. The Hall–Kier alpha value is -1.43. The molecule has 0 bridgehead atoms. The third-order valence-corrected chi connectivity index (χ3v) is 4.98. The minimum atomic E-state index is -0.153. The van der Waals surface area contributed by atoms with Gasteiger partial charge < -0.3 is 9.30 Å². The molecule has 6 heteroatoms. The van der Waals surface area contributed by atoms with Crippen LogP contribution in [0.2, 0.25) is 0 Å². The minimum absolute atomic E-state index is 0.00582. The molecule has 1 atom stereocenters. The van der Waals surface area contributed by atoms with Gasteiger partial charge in [0.1, 0.15) is 4.64 Å². The molecule has 5 nitrogen and oxygen atoms in total. The molecular weight excluding hydrogens is 348 g/mol. The second-order valence-corrected chi connectivity index (χ2v) is 8.23. The molecule has 0 fully saturated rings. The molecule has 1 aromatic rings. The molecule has 148 valence electrons. The maximum absolute atomic E-state index is 12.2. The third-order valence-electron chi connectivity index (χ3n) is 4.56. The molecule has 0 radical (unpaired) electrons. The molecule has 0 saturated carbocycles. The monoisotopic (exact) mass is 382 g/mol. The Morgan fingerprint density at radius 1 is 1.19 bits per heavy atom. The second-order valence-electron chi connectivity index (χ2n) is 7.83. The number of carbonyl (C=O) groups excluding carboxylic acids is 1. The SMILES string of the molecule is Cc1cn(CCCCCCOC(=O)C(CC(C)C)C(C)C)c(=O)[nH]c1=S. The lowest BCUT2D eigenvalue weighted by Gasteiger charge is -2.21. The average Bonchev–Trinajstić information content (AvgIpc) is 2.55. The highest BCUT2D eigenvalue weighted by Crippen LogP contribution is 2.21. The van der Waals surface area contributed by atoms with Crippen LogP contribution in [0.25, 0.3) is 0 Å². The van der Waals surface area contributed by atoms with Crippen LogP contribution in [0.3, 0.4) is 0 Å². The van der Waals surface area contributed by atoms with E-state index in [-0.39, 0.29) is 17.6 Å². The largest absolute Gasteiger partial charge is 0.465 e. The third kappa shape index (κ3) is 7.85. The van der Waals surface area contributed by atoms with Gasteiger partial charge in [0, 0.05) is 18.3 Å². The van der Waals surface area contributed by atoms with E-state index in [4.69, 9.17) is 17.0 Å². The van der Waals surface area contributed by atoms with Gasteiger partial charge in [0.15, 0.2) is 0 Å². The summed E-state index contributed by atoms with van der Waals surface area (Å²) in [6.07, 6.45) is 6.45. The van der Waals surface area contributed by atoms with Crippen LogP contribution in [0.4, 0.5) is 0 Å². The molecule has 1 rings (SSSR count). The molecule has 0 aromatic carbocycles. The summed E-state index contributed by atoms with van der Waals surface area (Å²) in [5.74, 6) is 0.739. The summed E-state index contributed by atoms with van der Waals surface area (Å²) < 4.78 is 7.64. The minimum Gasteiger partial charge on any atom is -0.465 e. The predicted molar refractivity (Wildman–Crippen MR) is 108 cm³/mol. The molecule has 0 saturated heterocycles. The number of hydrogen-bond donors (Lipinski definition) is 1. The van der Waals surface area contributed by atoms with E-state index in [0.29, 0.717) is 29.6 Å². The van der Waals surface area contributed by atoms with Crippen molar-refractivity contribution in [2.24, 2.45) is 17.8 Å². The number of ether oxygens (including phenoxy) is 1. The molecular formula is C20H34N2O3S. The first-order valence-corrected chi connectivity index (χ1v) is 10.1. The maximum Gasteiger partial charge on any atom is 0.326 e. The fraction of sp³-hybridized carbons (Fsp3) is 0.750. The van der Waals surface area contributed by atoms with Crippen molar-refractivity contribution in [2.45, 2.75) is 73.3 Å². The van der Waals surface area contributed by atoms with E-state index in [0.717, 1.165) is 37.7 Å². The van der Waals surface area contributed by atoms with Gasteiger partial charge in [-0.3, -0.25) is 9.78 Å². The number of nitrogens with zero attached hydrogens (tertiary/aromatic N) is 1. The number of esters is 1. The molecule has 26 heavy (non-hydrogen) atoms. The normalized spacial score (nSPS) is 12.6. The summed E-state index contributed by atoms with van der Waals surface area (Å²) in [6.45, 7) is 11.5. The van der Waals surface area contributed by atoms with Gasteiger partial charge in [-0.1, -0.05) is 46.3 Å². The highest BCUT2D eigenvalue weighted by Gasteiger charge is 2.24. The second kappa shape index (κ2) is 11.3. The van der Waals surface area contributed by atoms with Crippen molar-refractivity contribution in [3.8, 4) is 0 Å². The van der Waals surface area contributed by atoms with E-state index in [2.05, 4.69) is 32.7 Å². The summed E-state index contributed by atoms with van der Waals surface area (Å²) in [7, 11) is 0. The fourth-order valence-corrected chi connectivity index (χ4v) is 3.09. The number of aromatic amines is 1. The van der Waals surface area contributed by atoms with E-state index in [1.165, 1.54) is 0 Å². The number of aromatic nitrogens is 2. The van der Waals surface area contributed by atoms with Gasteiger partial charge in [0.25, 0.3) is 0 Å². The molecule has 1 unspecified atom stereocenters. The van der Waals surface area contributed by atoms with Crippen LogP contribution in [0, 0.1) is 29.3 Å². The smallest absolute Gasteiger partial charge is 0.326 e. The summed E-state index contributed by atoms with van der Waals surface area (Å²) in [6, 6.07) is 0. The maximum atomic E-state index is 12.2. The fourth-order valence-electron chi connectivity index (χ4n) is 2.95. The lowest BCUT2D eigenvalue weighted by Crippen LogP contribution is -2.24. The molecule has 1 heterocycles. The van der Waals surface area contributed by atoms with Crippen LogP contribution >= 0.6 is 12.2 Å². The van der Waals surface area contributed by atoms with Gasteiger partial charge in [0.2, 0.25) is 0 Å². The Kier molecular flexibility index (Phi) is 9.84. The Balaban J connectivity index is 2.25. The quantitative estimate of drug-likeness (QED) is 0.344. The molecule has 0 spiro atoms. The zero-order valence-corrected chi connectivity index (χ0v) is 17.7. The Labute approximate surface area is 162 Å². The van der Waals surface area contributed by atoms with Gasteiger partial charge in [-0.05, 0) is 44.4 Å². The molecule has 0 amide bonds. The van der Waals surface area contributed by atoms with Crippen molar-refractivity contribution in [3.05, 3.63) is 26.9 Å². The highest BCUT2D eigenvalue weighted by atomic mass is 32.1. The lowest BCUT2D eigenvalue weighted by molar-refractivity contribution is -0.151. The number of aryl methyl sites for hydroxylation is 2. The van der Waals surface area contributed by atoms with Gasteiger partial charge in [-0.25, -0.2) is 4.79 Å². The first-order valence-electron chi connectivity index (χ1n) is 9.69. The number of rotatable bonds is 11. The average molecular weight is 383 g/mol.